The minimum Gasteiger partial charge on any atom is -0.358 e. The zero-order chi connectivity index (χ0) is 18.6. The molecule has 0 saturated heterocycles. The van der Waals surface area contributed by atoms with Crippen molar-refractivity contribution in [1.29, 1.82) is 0 Å². The number of amides is 1. The van der Waals surface area contributed by atoms with Crippen LogP contribution in [0.25, 0.3) is 10.9 Å². The maximum absolute atomic E-state index is 12.9. The summed E-state index contributed by atoms with van der Waals surface area (Å²) < 4.78 is 0. The molecule has 2 N–H and O–H groups in total. The van der Waals surface area contributed by atoms with Crippen LogP contribution in [0.2, 0.25) is 0 Å². The lowest BCUT2D eigenvalue weighted by Crippen LogP contribution is -2.30. The van der Waals surface area contributed by atoms with E-state index in [1.54, 1.807) is 0 Å². The van der Waals surface area contributed by atoms with Crippen LogP contribution in [0.1, 0.15) is 28.4 Å². The van der Waals surface area contributed by atoms with Gasteiger partial charge in [0.05, 0.1) is 12.5 Å². The van der Waals surface area contributed by atoms with Crippen LogP contribution in [-0.4, -0.2) is 10.9 Å². The molecule has 0 spiro atoms. The predicted molar refractivity (Wildman–Crippen MR) is 110 cm³/mol. The lowest BCUT2D eigenvalue weighted by molar-refractivity contribution is -0.120. The zero-order valence-electron chi connectivity index (χ0n) is 15.3. The third-order valence-corrected chi connectivity index (χ3v) is 4.94. The average Bonchev–Trinajstić information content (AvgIpc) is 3.03. The van der Waals surface area contributed by atoms with Gasteiger partial charge in [0.1, 0.15) is 0 Å². The van der Waals surface area contributed by atoms with E-state index in [1.165, 1.54) is 0 Å². The van der Waals surface area contributed by atoms with Gasteiger partial charge in [0.15, 0.2) is 0 Å². The molecule has 134 valence electrons. The zero-order valence-corrected chi connectivity index (χ0v) is 15.3. The number of aromatic amines is 1. The molecule has 0 radical (unpaired) electrons. The van der Waals surface area contributed by atoms with E-state index in [0.29, 0.717) is 6.42 Å². The Kier molecular flexibility index (Phi) is 4.75. The Morgan fingerprint density at radius 2 is 1.41 bits per heavy atom. The molecular weight excluding hydrogens is 332 g/mol. The van der Waals surface area contributed by atoms with Gasteiger partial charge in [-0.2, -0.15) is 0 Å². The second-order valence-electron chi connectivity index (χ2n) is 6.77. The number of fused-ring (bicyclic) bond motifs is 1. The second-order valence-corrected chi connectivity index (χ2v) is 6.77. The quantitative estimate of drug-likeness (QED) is 0.525. The highest BCUT2D eigenvalue weighted by molar-refractivity contribution is 5.90. The van der Waals surface area contributed by atoms with Crippen molar-refractivity contribution in [3.8, 4) is 0 Å². The molecular formula is C24H22N2O. The Morgan fingerprint density at radius 3 is 2.04 bits per heavy atom. The number of rotatable bonds is 5. The highest BCUT2D eigenvalue weighted by Crippen LogP contribution is 2.24. The van der Waals surface area contributed by atoms with Crippen molar-refractivity contribution >= 4 is 16.8 Å². The van der Waals surface area contributed by atoms with Gasteiger partial charge in [-0.3, -0.25) is 4.79 Å². The monoisotopic (exact) mass is 354 g/mol. The Labute approximate surface area is 159 Å². The minimum atomic E-state index is -0.162. The predicted octanol–water partition coefficient (Wildman–Crippen LogP) is 4.92. The maximum Gasteiger partial charge on any atom is 0.225 e. The number of H-pyrrole nitrogens is 1. The number of aryl methyl sites for hydroxylation is 1. The van der Waals surface area contributed by atoms with Crippen LogP contribution in [0.15, 0.2) is 84.9 Å². The third kappa shape index (κ3) is 3.63. The van der Waals surface area contributed by atoms with Gasteiger partial charge >= 0.3 is 0 Å². The number of carbonyl (C=O) groups is 1. The van der Waals surface area contributed by atoms with Gasteiger partial charge in [-0.05, 0) is 29.7 Å². The number of hydrogen-bond acceptors (Lipinski definition) is 1. The van der Waals surface area contributed by atoms with E-state index in [0.717, 1.165) is 33.3 Å². The molecule has 0 unspecified atom stereocenters. The largest absolute Gasteiger partial charge is 0.358 e. The maximum atomic E-state index is 12.9. The number of benzene rings is 3. The molecule has 4 aromatic rings. The van der Waals surface area contributed by atoms with E-state index in [9.17, 15) is 4.79 Å². The standard InChI is InChI=1S/C24H22N2O/c1-17-21(20-14-8-9-15-22(20)25-17)16-23(27)26-24(18-10-4-2-5-11-18)19-12-6-3-7-13-19/h2-15,24-25H,16H2,1H3,(H,26,27). The molecule has 3 aromatic carbocycles. The van der Waals surface area contributed by atoms with Crippen molar-refractivity contribution in [3.63, 3.8) is 0 Å². The van der Waals surface area contributed by atoms with Crippen molar-refractivity contribution in [2.45, 2.75) is 19.4 Å². The van der Waals surface area contributed by atoms with Crippen LogP contribution < -0.4 is 5.32 Å². The molecule has 1 heterocycles. The fourth-order valence-corrected chi connectivity index (χ4v) is 3.59. The summed E-state index contributed by atoms with van der Waals surface area (Å²) in [5.74, 6) is 0.0144. The fraction of sp³-hybridized carbons (Fsp3) is 0.125. The van der Waals surface area contributed by atoms with Crippen molar-refractivity contribution in [3.05, 3.63) is 107 Å². The van der Waals surface area contributed by atoms with E-state index in [2.05, 4.69) is 40.6 Å². The van der Waals surface area contributed by atoms with Crippen LogP contribution in [0.5, 0.6) is 0 Å². The number of aromatic nitrogens is 1. The highest BCUT2D eigenvalue weighted by atomic mass is 16.1. The van der Waals surface area contributed by atoms with Crippen molar-refractivity contribution in [2.75, 3.05) is 0 Å². The van der Waals surface area contributed by atoms with Crippen LogP contribution >= 0.6 is 0 Å². The molecule has 0 saturated carbocycles. The summed E-state index contributed by atoms with van der Waals surface area (Å²) in [6, 6.07) is 28.1. The molecule has 3 heteroatoms. The lowest BCUT2D eigenvalue weighted by atomic mass is 9.98. The Morgan fingerprint density at radius 1 is 0.852 bits per heavy atom. The van der Waals surface area contributed by atoms with E-state index in [-0.39, 0.29) is 11.9 Å². The third-order valence-electron chi connectivity index (χ3n) is 4.94. The first-order valence-electron chi connectivity index (χ1n) is 9.18. The summed E-state index contributed by atoms with van der Waals surface area (Å²) in [6.07, 6.45) is 0.353. The van der Waals surface area contributed by atoms with Crippen molar-refractivity contribution < 1.29 is 4.79 Å². The topological polar surface area (TPSA) is 44.9 Å². The Balaban J connectivity index is 1.61. The summed E-state index contributed by atoms with van der Waals surface area (Å²) in [5.41, 5.74) is 5.33. The summed E-state index contributed by atoms with van der Waals surface area (Å²) in [6.45, 7) is 2.02. The van der Waals surface area contributed by atoms with Crippen LogP contribution in [0.3, 0.4) is 0 Å². The summed E-state index contributed by atoms with van der Waals surface area (Å²) in [7, 11) is 0. The second kappa shape index (κ2) is 7.50. The van der Waals surface area contributed by atoms with Crippen LogP contribution in [0.4, 0.5) is 0 Å². The molecule has 27 heavy (non-hydrogen) atoms. The molecule has 1 amide bonds. The smallest absolute Gasteiger partial charge is 0.225 e. The number of para-hydroxylation sites is 1. The first-order chi connectivity index (χ1) is 13.2. The Bertz CT molecular complexity index is 1010. The number of carbonyl (C=O) groups excluding carboxylic acids is 1. The van der Waals surface area contributed by atoms with Gasteiger partial charge < -0.3 is 10.3 Å². The van der Waals surface area contributed by atoms with Gasteiger partial charge in [-0.1, -0.05) is 78.9 Å². The normalized spacial score (nSPS) is 11.0. The summed E-state index contributed by atoms with van der Waals surface area (Å²) >= 11 is 0. The van der Waals surface area contributed by atoms with E-state index in [1.807, 2.05) is 61.5 Å². The number of nitrogens with one attached hydrogen (secondary N) is 2. The van der Waals surface area contributed by atoms with Gasteiger partial charge in [0, 0.05) is 16.6 Å². The van der Waals surface area contributed by atoms with Gasteiger partial charge in [-0.15, -0.1) is 0 Å². The molecule has 0 fully saturated rings. The molecule has 3 nitrogen and oxygen atoms in total. The molecule has 0 aliphatic rings. The minimum absolute atomic E-state index is 0.0144. The number of hydrogen-bond donors (Lipinski definition) is 2. The van der Waals surface area contributed by atoms with Gasteiger partial charge in [0.2, 0.25) is 5.91 Å². The molecule has 0 bridgehead atoms. The molecule has 0 aliphatic heterocycles. The lowest BCUT2D eigenvalue weighted by Gasteiger charge is -2.20. The summed E-state index contributed by atoms with van der Waals surface area (Å²) in [4.78, 5) is 16.3. The van der Waals surface area contributed by atoms with E-state index >= 15 is 0 Å². The molecule has 1 aromatic heterocycles. The van der Waals surface area contributed by atoms with E-state index < -0.39 is 0 Å². The van der Waals surface area contributed by atoms with Crippen LogP contribution in [0, 0.1) is 6.92 Å². The SMILES string of the molecule is Cc1[nH]c2ccccc2c1CC(=O)NC(c1ccccc1)c1ccccc1. The van der Waals surface area contributed by atoms with Gasteiger partial charge in [-0.25, -0.2) is 0 Å². The van der Waals surface area contributed by atoms with E-state index in [4.69, 9.17) is 0 Å². The van der Waals surface area contributed by atoms with Crippen LogP contribution in [-0.2, 0) is 11.2 Å². The first kappa shape index (κ1) is 17.1. The van der Waals surface area contributed by atoms with Gasteiger partial charge in [0.25, 0.3) is 0 Å². The molecule has 0 aliphatic carbocycles. The summed E-state index contributed by atoms with van der Waals surface area (Å²) in [5, 5.41) is 4.34. The molecule has 0 atom stereocenters. The first-order valence-corrected chi connectivity index (χ1v) is 9.18. The highest BCUT2D eigenvalue weighted by Gasteiger charge is 2.18. The Hall–Kier alpha value is -3.33. The fourth-order valence-electron chi connectivity index (χ4n) is 3.59. The molecule has 4 rings (SSSR count). The van der Waals surface area contributed by atoms with Crippen molar-refractivity contribution in [2.24, 2.45) is 0 Å². The van der Waals surface area contributed by atoms with Crippen molar-refractivity contribution in [1.82, 2.24) is 10.3 Å². The average molecular weight is 354 g/mol.